The second kappa shape index (κ2) is 6.62. The van der Waals surface area contributed by atoms with E-state index in [1.165, 1.54) is 10.6 Å². The lowest BCUT2D eigenvalue weighted by molar-refractivity contribution is -0.148. The molecule has 2 aliphatic heterocycles. The Morgan fingerprint density at radius 3 is 2.38 bits per heavy atom. The molecule has 0 bridgehead atoms. The van der Waals surface area contributed by atoms with Crippen LogP contribution in [0.25, 0.3) is 0 Å². The van der Waals surface area contributed by atoms with Gasteiger partial charge >= 0.3 is 0 Å². The van der Waals surface area contributed by atoms with Gasteiger partial charge in [0.25, 0.3) is 0 Å². The van der Waals surface area contributed by atoms with Crippen molar-refractivity contribution >= 4 is 15.9 Å². The number of hydrogen-bond acceptors (Lipinski definition) is 4. The summed E-state index contributed by atoms with van der Waals surface area (Å²) in [7, 11) is -3.17. The molecule has 6 nitrogen and oxygen atoms in total. The molecule has 2 heterocycles. The van der Waals surface area contributed by atoms with E-state index in [4.69, 9.17) is 4.74 Å². The topological polar surface area (TPSA) is 66.9 Å². The van der Waals surface area contributed by atoms with E-state index in [2.05, 4.69) is 6.92 Å². The van der Waals surface area contributed by atoms with Crippen molar-refractivity contribution in [3.63, 3.8) is 0 Å². The summed E-state index contributed by atoms with van der Waals surface area (Å²) < 4.78 is 30.2. The Hall–Kier alpha value is -0.660. The molecule has 0 aliphatic carbocycles. The van der Waals surface area contributed by atoms with Crippen LogP contribution in [0.5, 0.6) is 0 Å². The van der Waals surface area contributed by atoms with Crippen molar-refractivity contribution in [3.05, 3.63) is 0 Å². The lowest BCUT2D eigenvalue weighted by Crippen LogP contribution is -2.48. The predicted molar refractivity (Wildman–Crippen MR) is 80.4 cm³/mol. The molecule has 0 unspecified atom stereocenters. The largest absolute Gasteiger partial charge is 0.381 e. The van der Waals surface area contributed by atoms with Crippen LogP contribution >= 0.6 is 0 Å². The first-order valence-electron chi connectivity index (χ1n) is 7.71. The lowest BCUT2D eigenvalue weighted by atomic mass is 9.76. The highest BCUT2D eigenvalue weighted by Crippen LogP contribution is 2.36. The van der Waals surface area contributed by atoms with Crippen LogP contribution in [0.1, 0.15) is 32.6 Å². The molecule has 21 heavy (non-hydrogen) atoms. The number of amides is 1. The van der Waals surface area contributed by atoms with Gasteiger partial charge < -0.3 is 9.64 Å². The maximum absolute atomic E-state index is 12.9. The molecule has 1 amide bonds. The van der Waals surface area contributed by atoms with Gasteiger partial charge in [0.15, 0.2) is 0 Å². The molecule has 0 N–H and O–H groups in total. The van der Waals surface area contributed by atoms with Gasteiger partial charge in [-0.2, -0.15) is 0 Å². The number of carbonyl (C=O) groups is 1. The van der Waals surface area contributed by atoms with Crippen molar-refractivity contribution in [2.45, 2.75) is 32.6 Å². The number of sulfonamides is 1. The van der Waals surface area contributed by atoms with Crippen LogP contribution in [0, 0.1) is 5.41 Å². The van der Waals surface area contributed by atoms with E-state index in [9.17, 15) is 13.2 Å². The summed E-state index contributed by atoms with van der Waals surface area (Å²) in [5, 5.41) is 0. The molecule has 0 aromatic rings. The Morgan fingerprint density at radius 1 is 1.14 bits per heavy atom. The van der Waals surface area contributed by atoms with Gasteiger partial charge in [-0.05, 0) is 25.7 Å². The minimum absolute atomic E-state index is 0.184. The maximum Gasteiger partial charge on any atom is 0.228 e. The minimum Gasteiger partial charge on any atom is -0.381 e. The standard InChI is InChI=1S/C14H26N2O4S/c1-3-14(5-11-20-12-6-14)13(17)15-7-4-8-16(10-9-15)21(2,18)19/h3-12H2,1-2H3. The molecule has 0 radical (unpaired) electrons. The first-order chi connectivity index (χ1) is 9.89. The van der Waals surface area contributed by atoms with Crippen molar-refractivity contribution in [2.75, 3.05) is 45.6 Å². The molecule has 0 saturated carbocycles. The lowest BCUT2D eigenvalue weighted by Gasteiger charge is -2.38. The molecule has 0 spiro atoms. The SMILES string of the molecule is CCC1(C(=O)N2CCCN(S(C)(=O)=O)CC2)CCOCC1. The summed E-state index contributed by atoms with van der Waals surface area (Å²) in [5.74, 6) is 0.184. The molecule has 122 valence electrons. The van der Waals surface area contributed by atoms with Crippen LogP contribution < -0.4 is 0 Å². The minimum atomic E-state index is -3.17. The van der Waals surface area contributed by atoms with Gasteiger partial charge in [0, 0.05) is 39.4 Å². The van der Waals surface area contributed by atoms with E-state index in [0.717, 1.165) is 19.3 Å². The van der Waals surface area contributed by atoms with Crippen molar-refractivity contribution in [3.8, 4) is 0 Å². The summed E-state index contributed by atoms with van der Waals surface area (Å²) in [6.07, 6.45) is 4.30. The zero-order chi connectivity index (χ0) is 15.5. The van der Waals surface area contributed by atoms with Crippen LogP contribution in [0.3, 0.4) is 0 Å². The average Bonchev–Trinajstić information content (AvgIpc) is 2.72. The Balaban J connectivity index is 2.06. The van der Waals surface area contributed by atoms with Gasteiger partial charge in [-0.15, -0.1) is 0 Å². The molecule has 0 aromatic heterocycles. The molecule has 2 aliphatic rings. The van der Waals surface area contributed by atoms with Gasteiger partial charge in [0.2, 0.25) is 15.9 Å². The Kier molecular flexibility index (Phi) is 5.27. The van der Waals surface area contributed by atoms with E-state index in [1.807, 2.05) is 4.90 Å². The second-order valence-electron chi connectivity index (χ2n) is 6.05. The number of ether oxygens (including phenoxy) is 1. The zero-order valence-corrected chi connectivity index (χ0v) is 13.8. The smallest absolute Gasteiger partial charge is 0.228 e. The van der Waals surface area contributed by atoms with Crippen LogP contribution in [0.15, 0.2) is 0 Å². The molecule has 0 atom stereocenters. The van der Waals surface area contributed by atoms with Gasteiger partial charge in [-0.3, -0.25) is 4.79 Å². The fourth-order valence-corrected chi connectivity index (χ4v) is 4.12. The Morgan fingerprint density at radius 2 is 1.81 bits per heavy atom. The van der Waals surface area contributed by atoms with Gasteiger partial charge in [0.1, 0.15) is 0 Å². The second-order valence-corrected chi connectivity index (χ2v) is 8.04. The van der Waals surface area contributed by atoms with Gasteiger partial charge in [-0.1, -0.05) is 6.92 Å². The first-order valence-corrected chi connectivity index (χ1v) is 9.56. The molecule has 2 fully saturated rings. The van der Waals surface area contributed by atoms with E-state index >= 15 is 0 Å². The highest BCUT2D eigenvalue weighted by Gasteiger charge is 2.41. The van der Waals surface area contributed by atoms with Crippen LogP contribution in [0.2, 0.25) is 0 Å². The Bertz CT molecular complexity index is 471. The van der Waals surface area contributed by atoms with Crippen LogP contribution in [-0.4, -0.2) is 69.2 Å². The normalized spacial score (nSPS) is 24.6. The van der Waals surface area contributed by atoms with Crippen LogP contribution in [-0.2, 0) is 19.6 Å². The summed E-state index contributed by atoms with van der Waals surface area (Å²) in [6.45, 7) is 5.39. The van der Waals surface area contributed by atoms with Crippen molar-refractivity contribution in [1.82, 2.24) is 9.21 Å². The fraction of sp³-hybridized carbons (Fsp3) is 0.929. The third-order valence-corrected chi connectivity index (χ3v) is 6.09. The van der Waals surface area contributed by atoms with E-state index in [-0.39, 0.29) is 11.3 Å². The summed E-state index contributed by atoms with van der Waals surface area (Å²) in [4.78, 5) is 14.8. The molecule has 2 saturated heterocycles. The quantitative estimate of drug-likeness (QED) is 0.768. The number of nitrogens with zero attached hydrogens (tertiary/aromatic N) is 2. The summed E-state index contributed by atoms with van der Waals surface area (Å²) in [5.41, 5.74) is -0.307. The summed E-state index contributed by atoms with van der Waals surface area (Å²) >= 11 is 0. The first kappa shape index (κ1) is 16.7. The molecule has 0 aromatic carbocycles. The molecule has 2 rings (SSSR count). The Labute approximate surface area is 127 Å². The number of hydrogen-bond donors (Lipinski definition) is 0. The fourth-order valence-electron chi connectivity index (χ4n) is 3.24. The maximum atomic E-state index is 12.9. The highest BCUT2D eigenvalue weighted by molar-refractivity contribution is 7.88. The zero-order valence-electron chi connectivity index (χ0n) is 13.0. The third kappa shape index (κ3) is 3.76. The monoisotopic (exact) mass is 318 g/mol. The van der Waals surface area contributed by atoms with Gasteiger partial charge in [-0.25, -0.2) is 12.7 Å². The average molecular weight is 318 g/mol. The number of carbonyl (C=O) groups excluding carboxylic acids is 1. The van der Waals surface area contributed by atoms with E-state index in [1.54, 1.807) is 0 Å². The highest BCUT2D eigenvalue weighted by atomic mass is 32.2. The predicted octanol–water partition coefficient (Wildman–Crippen LogP) is 0.687. The number of rotatable bonds is 3. The molecular formula is C14H26N2O4S. The van der Waals surface area contributed by atoms with Gasteiger partial charge in [0.05, 0.1) is 11.7 Å². The van der Waals surface area contributed by atoms with Crippen molar-refractivity contribution < 1.29 is 17.9 Å². The van der Waals surface area contributed by atoms with E-state index in [0.29, 0.717) is 45.8 Å². The van der Waals surface area contributed by atoms with Crippen molar-refractivity contribution in [2.24, 2.45) is 5.41 Å². The van der Waals surface area contributed by atoms with Crippen molar-refractivity contribution in [1.29, 1.82) is 0 Å². The van der Waals surface area contributed by atoms with E-state index < -0.39 is 10.0 Å². The molecular weight excluding hydrogens is 292 g/mol. The summed E-state index contributed by atoms with van der Waals surface area (Å²) in [6, 6.07) is 0. The molecule has 7 heteroatoms. The third-order valence-electron chi connectivity index (χ3n) is 4.79. The van der Waals surface area contributed by atoms with Crippen LogP contribution in [0.4, 0.5) is 0 Å².